The summed E-state index contributed by atoms with van der Waals surface area (Å²) < 4.78 is 0. The molecule has 0 bridgehead atoms. The molecule has 2 aromatic rings. The second kappa shape index (κ2) is 4.71. The summed E-state index contributed by atoms with van der Waals surface area (Å²) in [6, 6.07) is 12.8. The van der Waals surface area contributed by atoms with E-state index in [0.29, 0.717) is 0 Å². The average molecular weight is 216 g/mol. The molecule has 1 heteroatoms. The van der Waals surface area contributed by atoms with Gasteiger partial charge in [-0.25, -0.2) is 0 Å². The van der Waals surface area contributed by atoms with E-state index in [-0.39, 0.29) is 0 Å². The molecule has 0 aliphatic rings. The predicted molar refractivity (Wildman–Crippen MR) is 69.8 cm³/mol. The fourth-order valence-electron chi connectivity index (χ4n) is 1.87. The lowest BCUT2D eigenvalue weighted by molar-refractivity contribution is 0.787. The third kappa shape index (κ3) is 2.18. The highest BCUT2D eigenvalue weighted by molar-refractivity contribution is 7.80. The summed E-state index contributed by atoms with van der Waals surface area (Å²) in [5.41, 5.74) is 1.37. The molecule has 78 valence electrons. The van der Waals surface area contributed by atoms with Gasteiger partial charge in [0.2, 0.25) is 0 Å². The number of fused-ring (bicyclic) bond motifs is 1. The van der Waals surface area contributed by atoms with Crippen LogP contribution in [0, 0.1) is 0 Å². The fraction of sp³-hybridized carbons (Fsp3) is 0.286. The van der Waals surface area contributed by atoms with E-state index in [9.17, 15) is 0 Å². The molecular formula is C14H16S. The summed E-state index contributed by atoms with van der Waals surface area (Å²) in [6.07, 6.45) is 3.62. The van der Waals surface area contributed by atoms with Gasteiger partial charge in [0.25, 0.3) is 0 Å². The van der Waals surface area contributed by atoms with E-state index in [1.807, 2.05) is 0 Å². The average Bonchev–Trinajstić information content (AvgIpc) is 2.29. The van der Waals surface area contributed by atoms with E-state index in [1.54, 1.807) is 0 Å². The van der Waals surface area contributed by atoms with Crippen molar-refractivity contribution in [3.8, 4) is 0 Å². The van der Waals surface area contributed by atoms with Crippen LogP contribution >= 0.6 is 12.6 Å². The second-order valence-electron chi connectivity index (χ2n) is 3.90. The lowest BCUT2D eigenvalue weighted by Crippen LogP contribution is -1.88. The summed E-state index contributed by atoms with van der Waals surface area (Å²) in [5, 5.41) is 2.55. The van der Waals surface area contributed by atoms with Gasteiger partial charge >= 0.3 is 0 Å². The predicted octanol–water partition coefficient (Wildman–Crippen LogP) is 4.47. The topological polar surface area (TPSA) is 0 Å². The molecule has 0 saturated heterocycles. The van der Waals surface area contributed by atoms with Gasteiger partial charge in [-0.15, -0.1) is 12.6 Å². The molecule has 0 aliphatic carbocycles. The van der Waals surface area contributed by atoms with Crippen molar-refractivity contribution in [3.63, 3.8) is 0 Å². The van der Waals surface area contributed by atoms with Crippen molar-refractivity contribution in [1.82, 2.24) is 0 Å². The molecule has 0 nitrogen and oxygen atoms in total. The van der Waals surface area contributed by atoms with Crippen LogP contribution < -0.4 is 0 Å². The van der Waals surface area contributed by atoms with Gasteiger partial charge in [0, 0.05) is 4.90 Å². The largest absolute Gasteiger partial charge is 0.143 e. The number of hydrogen-bond donors (Lipinski definition) is 1. The zero-order chi connectivity index (χ0) is 10.7. The van der Waals surface area contributed by atoms with Crippen molar-refractivity contribution in [2.75, 3.05) is 0 Å². The summed E-state index contributed by atoms with van der Waals surface area (Å²) in [4.78, 5) is 1.15. The molecule has 0 heterocycles. The van der Waals surface area contributed by atoms with Gasteiger partial charge in [-0.1, -0.05) is 49.7 Å². The summed E-state index contributed by atoms with van der Waals surface area (Å²) in [5.74, 6) is 0. The molecule has 0 aliphatic heterocycles. The van der Waals surface area contributed by atoms with Crippen molar-refractivity contribution < 1.29 is 0 Å². The minimum atomic E-state index is 1.14. The lowest BCUT2D eigenvalue weighted by atomic mass is 10.0. The van der Waals surface area contributed by atoms with E-state index in [4.69, 9.17) is 0 Å². The molecule has 2 aromatic carbocycles. The van der Waals surface area contributed by atoms with Gasteiger partial charge in [0.05, 0.1) is 0 Å². The highest BCUT2D eigenvalue weighted by Crippen LogP contribution is 2.26. The number of hydrogen-bond acceptors (Lipinski definition) is 1. The fourth-order valence-corrected chi connectivity index (χ4v) is 2.26. The highest BCUT2D eigenvalue weighted by Gasteiger charge is 2.02. The molecule has 0 saturated carbocycles. The quantitative estimate of drug-likeness (QED) is 0.719. The summed E-state index contributed by atoms with van der Waals surface area (Å²) in [6.45, 7) is 2.22. The maximum Gasteiger partial charge on any atom is 0.0151 e. The zero-order valence-corrected chi connectivity index (χ0v) is 9.93. The van der Waals surface area contributed by atoms with Crippen LogP contribution in [0.5, 0.6) is 0 Å². The summed E-state index contributed by atoms with van der Waals surface area (Å²) in [7, 11) is 0. The van der Waals surface area contributed by atoms with Gasteiger partial charge in [0.1, 0.15) is 0 Å². The molecular weight excluding hydrogens is 200 g/mol. The monoisotopic (exact) mass is 216 g/mol. The summed E-state index contributed by atoms with van der Waals surface area (Å²) >= 11 is 4.64. The molecule has 2 rings (SSSR count). The number of benzene rings is 2. The zero-order valence-electron chi connectivity index (χ0n) is 9.03. The molecule has 0 fully saturated rings. The third-order valence-corrected chi connectivity index (χ3v) is 3.31. The molecule has 15 heavy (non-hydrogen) atoms. The van der Waals surface area contributed by atoms with Crippen LogP contribution in [0.15, 0.2) is 41.3 Å². The molecule has 0 spiro atoms. The van der Waals surface area contributed by atoms with Gasteiger partial charge < -0.3 is 0 Å². The van der Waals surface area contributed by atoms with Crippen molar-refractivity contribution in [3.05, 3.63) is 42.0 Å². The van der Waals surface area contributed by atoms with E-state index >= 15 is 0 Å². The van der Waals surface area contributed by atoms with Crippen molar-refractivity contribution in [1.29, 1.82) is 0 Å². The van der Waals surface area contributed by atoms with Crippen LogP contribution in [0.2, 0.25) is 0 Å². The first-order valence-electron chi connectivity index (χ1n) is 5.52. The SMILES string of the molecule is CCCCc1ccc2ccccc2c1S. The number of rotatable bonds is 3. The van der Waals surface area contributed by atoms with Gasteiger partial charge in [-0.05, 0) is 29.2 Å². The highest BCUT2D eigenvalue weighted by atomic mass is 32.1. The van der Waals surface area contributed by atoms with Crippen molar-refractivity contribution in [2.45, 2.75) is 31.1 Å². The van der Waals surface area contributed by atoms with E-state index in [1.165, 1.54) is 29.2 Å². The van der Waals surface area contributed by atoms with Crippen molar-refractivity contribution >= 4 is 23.4 Å². The molecule has 0 amide bonds. The normalized spacial score (nSPS) is 10.8. The maximum absolute atomic E-state index is 4.64. The first-order chi connectivity index (χ1) is 7.33. The lowest BCUT2D eigenvalue weighted by Gasteiger charge is -2.07. The first kappa shape index (κ1) is 10.6. The Balaban J connectivity index is 2.45. The number of thiol groups is 1. The molecule has 0 N–H and O–H groups in total. The van der Waals surface area contributed by atoms with E-state index < -0.39 is 0 Å². The smallest absolute Gasteiger partial charge is 0.0151 e. The molecule has 0 radical (unpaired) electrons. The Hall–Kier alpha value is -0.950. The van der Waals surface area contributed by atoms with Crippen molar-refractivity contribution in [2.24, 2.45) is 0 Å². The minimum Gasteiger partial charge on any atom is -0.143 e. The van der Waals surface area contributed by atoms with Crippen LogP contribution in [0.25, 0.3) is 10.8 Å². The second-order valence-corrected chi connectivity index (χ2v) is 4.35. The Kier molecular flexibility index (Phi) is 3.32. The molecule has 0 aromatic heterocycles. The Bertz CT molecular complexity index is 460. The van der Waals surface area contributed by atoms with Crippen LogP contribution in [-0.2, 0) is 6.42 Å². The van der Waals surface area contributed by atoms with Gasteiger partial charge in [0.15, 0.2) is 0 Å². The molecule has 0 unspecified atom stereocenters. The van der Waals surface area contributed by atoms with E-state index in [0.717, 1.165) is 11.3 Å². The third-order valence-electron chi connectivity index (χ3n) is 2.78. The first-order valence-corrected chi connectivity index (χ1v) is 5.97. The Morgan fingerprint density at radius 2 is 1.87 bits per heavy atom. The standard InChI is InChI=1S/C14H16S/c1-2-3-6-12-10-9-11-7-4-5-8-13(11)14(12)15/h4-5,7-10,15H,2-3,6H2,1H3. The Labute approximate surface area is 96.7 Å². The van der Waals surface area contributed by atoms with Gasteiger partial charge in [-0.2, -0.15) is 0 Å². The van der Waals surface area contributed by atoms with Crippen LogP contribution in [0.4, 0.5) is 0 Å². The molecule has 0 atom stereocenters. The van der Waals surface area contributed by atoms with Crippen LogP contribution in [-0.4, -0.2) is 0 Å². The number of unbranched alkanes of at least 4 members (excludes halogenated alkanes) is 1. The van der Waals surface area contributed by atoms with Gasteiger partial charge in [-0.3, -0.25) is 0 Å². The Morgan fingerprint density at radius 1 is 1.07 bits per heavy atom. The maximum atomic E-state index is 4.64. The minimum absolute atomic E-state index is 1.14. The Morgan fingerprint density at radius 3 is 2.67 bits per heavy atom. The van der Waals surface area contributed by atoms with Crippen LogP contribution in [0.1, 0.15) is 25.3 Å². The van der Waals surface area contributed by atoms with Crippen LogP contribution in [0.3, 0.4) is 0 Å². The number of aryl methyl sites for hydroxylation is 1. The van der Waals surface area contributed by atoms with E-state index in [2.05, 4.69) is 56.0 Å².